The van der Waals surface area contributed by atoms with Crippen molar-refractivity contribution >= 4 is 5.96 Å². The first kappa shape index (κ1) is 25.3. The van der Waals surface area contributed by atoms with Crippen molar-refractivity contribution in [1.29, 1.82) is 0 Å². The van der Waals surface area contributed by atoms with Crippen LogP contribution in [0.25, 0.3) is 0 Å². The van der Waals surface area contributed by atoms with Gasteiger partial charge in [0.15, 0.2) is 17.5 Å². The Hall–Kier alpha value is -2.93. The third kappa shape index (κ3) is 6.79. The van der Waals surface area contributed by atoms with Gasteiger partial charge >= 0.3 is 0 Å². The maximum Gasteiger partial charge on any atom is 0.193 e. The van der Waals surface area contributed by atoms with E-state index in [9.17, 15) is 0 Å². The third-order valence-electron chi connectivity index (χ3n) is 5.42. The normalized spacial score (nSPS) is 12.4. The average molecular weight is 443 g/mol. The van der Waals surface area contributed by atoms with Gasteiger partial charge in [-0.1, -0.05) is 24.3 Å². The van der Waals surface area contributed by atoms with E-state index in [0.29, 0.717) is 6.54 Å². The SMILES string of the molecule is CCNC(=NCC(c1ccccc1OC)N(C)C)N(C)CCc1ccc(OC)c(OC)c1. The number of ether oxygens (including phenoxy) is 3. The van der Waals surface area contributed by atoms with Gasteiger partial charge in [-0.15, -0.1) is 0 Å². The molecular weight excluding hydrogens is 404 g/mol. The lowest BCUT2D eigenvalue weighted by Gasteiger charge is -2.27. The van der Waals surface area contributed by atoms with E-state index in [0.717, 1.165) is 48.3 Å². The molecule has 0 aliphatic carbocycles. The molecule has 32 heavy (non-hydrogen) atoms. The Morgan fingerprint density at radius 3 is 2.25 bits per heavy atom. The predicted octanol–water partition coefficient (Wildman–Crippen LogP) is 3.46. The lowest BCUT2D eigenvalue weighted by atomic mass is 10.0. The zero-order chi connectivity index (χ0) is 23.5. The average Bonchev–Trinajstić information content (AvgIpc) is 2.81. The van der Waals surface area contributed by atoms with Crippen molar-refractivity contribution in [2.75, 3.05) is 62.1 Å². The van der Waals surface area contributed by atoms with Crippen LogP contribution >= 0.6 is 0 Å². The highest BCUT2D eigenvalue weighted by molar-refractivity contribution is 5.79. The summed E-state index contributed by atoms with van der Waals surface area (Å²) >= 11 is 0. The van der Waals surface area contributed by atoms with Gasteiger partial charge in [-0.2, -0.15) is 0 Å². The van der Waals surface area contributed by atoms with Crippen molar-refractivity contribution < 1.29 is 14.2 Å². The lowest BCUT2D eigenvalue weighted by Crippen LogP contribution is -2.40. The molecule has 0 aliphatic heterocycles. The molecule has 0 saturated heterocycles. The topological polar surface area (TPSA) is 58.6 Å². The van der Waals surface area contributed by atoms with Crippen LogP contribution in [0.2, 0.25) is 0 Å². The third-order valence-corrected chi connectivity index (χ3v) is 5.42. The molecule has 0 heterocycles. The van der Waals surface area contributed by atoms with Gasteiger partial charge in [-0.25, -0.2) is 0 Å². The Balaban J connectivity index is 2.13. The quantitative estimate of drug-likeness (QED) is 0.425. The van der Waals surface area contributed by atoms with Crippen molar-refractivity contribution in [3.8, 4) is 17.2 Å². The van der Waals surface area contributed by atoms with Gasteiger partial charge in [0, 0.05) is 25.7 Å². The van der Waals surface area contributed by atoms with E-state index < -0.39 is 0 Å². The Kier molecular flexibility index (Phi) is 10.1. The first-order valence-electron chi connectivity index (χ1n) is 10.9. The number of guanidine groups is 1. The highest BCUT2D eigenvalue weighted by atomic mass is 16.5. The number of rotatable bonds is 11. The van der Waals surface area contributed by atoms with E-state index in [1.54, 1.807) is 21.3 Å². The zero-order valence-electron chi connectivity index (χ0n) is 20.5. The summed E-state index contributed by atoms with van der Waals surface area (Å²) in [5, 5.41) is 3.42. The number of methoxy groups -OCH3 is 3. The molecule has 2 rings (SSSR count). The van der Waals surface area contributed by atoms with Crippen LogP contribution < -0.4 is 19.5 Å². The molecule has 0 fully saturated rings. The summed E-state index contributed by atoms with van der Waals surface area (Å²) in [5.41, 5.74) is 2.32. The smallest absolute Gasteiger partial charge is 0.193 e. The minimum atomic E-state index is 0.110. The summed E-state index contributed by atoms with van der Waals surface area (Å²) in [7, 11) is 11.2. The molecule has 0 bridgehead atoms. The van der Waals surface area contributed by atoms with E-state index in [2.05, 4.69) is 55.3 Å². The molecule has 7 heteroatoms. The Bertz CT molecular complexity index is 870. The van der Waals surface area contributed by atoms with Gasteiger partial charge in [0.2, 0.25) is 0 Å². The van der Waals surface area contributed by atoms with Gasteiger partial charge in [-0.05, 0) is 51.2 Å². The molecule has 1 unspecified atom stereocenters. The van der Waals surface area contributed by atoms with Crippen molar-refractivity contribution in [2.24, 2.45) is 4.99 Å². The van der Waals surface area contributed by atoms with E-state index >= 15 is 0 Å². The van der Waals surface area contributed by atoms with E-state index in [1.807, 2.05) is 30.3 Å². The number of nitrogens with zero attached hydrogens (tertiary/aromatic N) is 3. The van der Waals surface area contributed by atoms with Crippen molar-refractivity contribution in [2.45, 2.75) is 19.4 Å². The fraction of sp³-hybridized carbons (Fsp3) is 0.480. The van der Waals surface area contributed by atoms with Crippen LogP contribution in [0.5, 0.6) is 17.2 Å². The fourth-order valence-corrected chi connectivity index (χ4v) is 3.56. The molecule has 2 aromatic carbocycles. The molecule has 0 saturated carbocycles. The second kappa shape index (κ2) is 12.8. The highest BCUT2D eigenvalue weighted by Crippen LogP contribution is 2.29. The summed E-state index contributed by atoms with van der Waals surface area (Å²) in [5.74, 6) is 3.26. The molecule has 0 amide bonds. The standard InChI is InChI=1S/C25H38N4O3/c1-8-26-25(27-18-21(28(2)3)20-11-9-10-12-22(20)30-5)29(4)16-15-19-13-14-23(31-6)24(17-19)32-7/h9-14,17,21H,8,15-16,18H2,1-7H3,(H,26,27). The Labute approximate surface area is 193 Å². The van der Waals surface area contributed by atoms with Crippen molar-refractivity contribution in [3.63, 3.8) is 0 Å². The second-order valence-corrected chi connectivity index (χ2v) is 7.78. The number of hydrogen-bond donors (Lipinski definition) is 1. The molecule has 2 aromatic rings. The highest BCUT2D eigenvalue weighted by Gasteiger charge is 2.18. The van der Waals surface area contributed by atoms with Gasteiger partial charge < -0.3 is 29.3 Å². The number of hydrogen-bond acceptors (Lipinski definition) is 5. The first-order chi connectivity index (χ1) is 15.4. The van der Waals surface area contributed by atoms with E-state index in [-0.39, 0.29) is 6.04 Å². The lowest BCUT2D eigenvalue weighted by molar-refractivity contribution is 0.294. The number of para-hydroxylation sites is 1. The number of aliphatic imine (C=N–C) groups is 1. The van der Waals surface area contributed by atoms with Gasteiger partial charge in [0.25, 0.3) is 0 Å². The van der Waals surface area contributed by atoms with Crippen LogP contribution in [-0.2, 0) is 6.42 Å². The Morgan fingerprint density at radius 2 is 1.62 bits per heavy atom. The maximum absolute atomic E-state index is 5.58. The maximum atomic E-state index is 5.58. The van der Waals surface area contributed by atoms with Crippen LogP contribution in [0.1, 0.15) is 24.1 Å². The molecule has 0 spiro atoms. The summed E-state index contributed by atoms with van der Waals surface area (Å²) < 4.78 is 16.3. The largest absolute Gasteiger partial charge is 0.496 e. The zero-order valence-corrected chi connectivity index (χ0v) is 20.5. The van der Waals surface area contributed by atoms with Crippen LogP contribution in [0, 0.1) is 0 Å². The molecule has 0 aromatic heterocycles. The van der Waals surface area contributed by atoms with Crippen molar-refractivity contribution in [3.05, 3.63) is 53.6 Å². The summed E-state index contributed by atoms with van der Waals surface area (Å²) in [6, 6.07) is 14.3. The summed E-state index contributed by atoms with van der Waals surface area (Å²) in [6.45, 7) is 4.33. The molecule has 1 N–H and O–H groups in total. The minimum Gasteiger partial charge on any atom is -0.496 e. The summed E-state index contributed by atoms with van der Waals surface area (Å²) in [6.07, 6.45) is 0.866. The second-order valence-electron chi connectivity index (χ2n) is 7.78. The molecule has 0 aliphatic rings. The molecular formula is C25H38N4O3. The van der Waals surface area contributed by atoms with Gasteiger partial charge in [0.05, 0.1) is 33.9 Å². The van der Waals surface area contributed by atoms with E-state index in [4.69, 9.17) is 19.2 Å². The number of nitrogens with one attached hydrogen (secondary N) is 1. The molecule has 0 radical (unpaired) electrons. The monoisotopic (exact) mass is 442 g/mol. The van der Waals surface area contributed by atoms with Gasteiger partial charge in [0.1, 0.15) is 5.75 Å². The Morgan fingerprint density at radius 1 is 0.938 bits per heavy atom. The van der Waals surface area contributed by atoms with Gasteiger partial charge in [-0.3, -0.25) is 4.99 Å². The predicted molar refractivity (Wildman–Crippen MR) is 131 cm³/mol. The van der Waals surface area contributed by atoms with Crippen LogP contribution in [0.3, 0.4) is 0 Å². The van der Waals surface area contributed by atoms with Crippen molar-refractivity contribution in [1.82, 2.24) is 15.1 Å². The molecule has 176 valence electrons. The van der Waals surface area contributed by atoms with E-state index in [1.165, 1.54) is 5.56 Å². The number of likely N-dealkylation sites (N-methyl/N-ethyl adjacent to an activating group) is 2. The summed E-state index contributed by atoms with van der Waals surface area (Å²) in [4.78, 5) is 9.29. The first-order valence-corrected chi connectivity index (χ1v) is 10.9. The fourth-order valence-electron chi connectivity index (χ4n) is 3.56. The molecule has 7 nitrogen and oxygen atoms in total. The van der Waals surface area contributed by atoms with Crippen LogP contribution in [0.4, 0.5) is 0 Å². The minimum absolute atomic E-state index is 0.110. The van der Waals surface area contributed by atoms with Crippen LogP contribution in [-0.4, -0.2) is 77.9 Å². The molecule has 1 atom stereocenters. The number of benzene rings is 2. The van der Waals surface area contributed by atoms with Crippen LogP contribution in [0.15, 0.2) is 47.5 Å².